The molecule has 112 valence electrons. The number of hydrogen-bond donors (Lipinski definition) is 1. The molecule has 0 spiro atoms. The van der Waals surface area contributed by atoms with Gasteiger partial charge in [0.2, 0.25) is 11.7 Å². The molecule has 0 aliphatic heterocycles. The van der Waals surface area contributed by atoms with Crippen molar-refractivity contribution in [1.82, 2.24) is 10.1 Å². The molecule has 1 fully saturated rings. The van der Waals surface area contributed by atoms with Crippen molar-refractivity contribution < 1.29 is 9.26 Å². The summed E-state index contributed by atoms with van der Waals surface area (Å²) in [5.74, 6) is 1.70. The molecule has 5 nitrogen and oxygen atoms in total. The molecule has 2 aromatic rings. The third kappa shape index (κ3) is 3.14. The minimum Gasteiger partial charge on any atom is -0.370 e. The van der Waals surface area contributed by atoms with Gasteiger partial charge < -0.3 is 15.0 Å². The van der Waals surface area contributed by atoms with Gasteiger partial charge in [-0.25, -0.2) is 0 Å². The molecule has 5 heteroatoms. The van der Waals surface area contributed by atoms with E-state index in [1.165, 1.54) is 12.8 Å². The van der Waals surface area contributed by atoms with E-state index < -0.39 is 0 Å². The number of rotatable bonds is 7. The normalized spacial score (nSPS) is 17.6. The first-order chi connectivity index (χ1) is 10.3. The Kier molecular flexibility index (Phi) is 4.31. The molecule has 1 aromatic heterocycles. The lowest BCUT2D eigenvalue weighted by Gasteiger charge is -2.12. The molecule has 2 atom stereocenters. The van der Waals surface area contributed by atoms with E-state index in [9.17, 15) is 0 Å². The van der Waals surface area contributed by atoms with E-state index >= 15 is 0 Å². The largest absolute Gasteiger partial charge is 0.370 e. The van der Waals surface area contributed by atoms with Gasteiger partial charge in [-0.1, -0.05) is 35.5 Å². The Morgan fingerprint density at radius 3 is 2.71 bits per heavy atom. The minimum atomic E-state index is -0.0612. The summed E-state index contributed by atoms with van der Waals surface area (Å²) in [5, 5.41) is 4.12. The number of nitrogens with two attached hydrogens (primary N) is 1. The Bertz CT molecular complexity index is 566. The molecule has 2 unspecified atom stereocenters. The molecular weight excluding hydrogens is 266 g/mol. The molecule has 1 heterocycles. The van der Waals surface area contributed by atoms with E-state index in [1.54, 1.807) is 0 Å². The first kappa shape index (κ1) is 14.2. The molecule has 2 N–H and O–H groups in total. The van der Waals surface area contributed by atoms with Crippen LogP contribution in [0.25, 0.3) is 0 Å². The van der Waals surface area contributed by atoms with E-state index in [0.29, 0.717) is 30.8 Å². The molecule has 0 saturated heterocycles. The van der Waals surface area contributed by atoms with Gasteiger partial charge >= 0.3 is 0 Å². The standard InChI is InChI=1S/C16H21N3O2/c1-2-20-14(12-8-9-12)15-18-16(21-19-15)13(10-17)11-6-4-3-5-7-11/h3-7,12-14H,2,8-10,17H2,1H3. The number of ether oxygens (including phenoxy) is 1. The maximum atomic E-state index is 5.89. The Morgan fingerprint density at radius 2 is 2.10 bits per heavy atom. The zero-order valence-electron chi connectivity index (χ0n) is 12.2. The van der Waals surface area contributed by atoms with E-state index in [-0.39, 0.29) is 12.0 Å². The van der Waals surface area contributed by atoms with Crippen LogP contribution >= 0.6 is 0 Å². The summed E-state index contributed by atoms with van der Waals surface area (Å²) >= 11 is 0. The zero-order chi connectivity index (χ0) is 14.7. The van der Waals surface area contributed by atoms with Crippen LogP contribution in [0, 0.1) is 5.92 Å². The molecule has 0 radical (unpaired) electrons. The van der Waals surface area contributed by atoms with E-state index in [0.717, 1.165) is 5.56 Å². The Morgan fingerprint density at radius 1 is 1.33 bits per heavy atom. The fourth-order valence-corrected chi connectivity index (χ4v) is 2.57. The molecule has 3 rings (SSSR count). The topological polar surface area (TPSA) is 74.2 Å². The summed E-state index contributed by atoms with van der Waals surface area (Å²) in [6, 6.07) is 10.0. The summed E-state index contributed by atoms with van der Waals surface area (Å²) < 4.78 is 11.2. The molecule has 1 aromatic carbocycles. The molecular formula is C16H21N3O2. The van der Waals surface area contributed by atoms with Crippen molar-refractivity contribution in [2.24, 2.45) is 11.7 Å². The second-order valence-corrected chi connectivity index (χ2v) is 5.40. The first-order valence-corrected chi connectivity index (χ1v) is 7.53. The maximum absolute atomic E-state index is 5.89. The lowest BCUT2D eigenvalue weighted by molar-refractivity contribution is 0.0384. The van der Waals surface area contributed by atoms with Crippen molar-refractivity contribution in [2.75, 3.05) is 13.2 Å². The van der Waals surface area contributed by atoms with Crippen LogP contribution in [0.15, 0.2) is 34.9 Å². The molecule has 0 bridgehead atoms. The quantitative estimate of drug-likeness (QED) is 0.847. The highest BCUT2D eigenvalue weighted by Crippen LogP contribution is 2.42. The Hall–Kier alpha value is -1.72. The third-order valence-electron chi connectivity index (χ3n) is 3.84. The van der Waals surface area contributed by atoms with Crippen LogP contribution < -0.4 is 5.73 Å². The second kappa shape index (κ2) is 6.37. The van der Waals surface area contributed by atoms with Gasteiger partial charge in [0, 0.05) is 13.2 Å². The van der Waals surface area contributed by atoms with Crippen molar-refractivity contribution in [3.8, 4) is 0 Å². The maximum Gasteiger partial charge on any atom is 0.235 e. The highest BCUT2D eigenvalue weighted by atomic mass is 16.5. The van der Waals surface area contributed by atoms with Crippen LogP contribution in [-0.2, 0) is 4.74 Å². The van der Waals surface area contributed by atoms with Gasteiger partial charge in [0.15, 0.2) is 0 Å². The number of aromatic nitrogens is 2. The number of nitrogens with zero attached hydrogens (tertiary/aromatic N) is 2. The monoisotopic (exact) mass is 287 g/mol. The van der Waals surface area contributed by atoms with Crippen LogP contribution in [0.1, 0.15) is 49.1 Å². The average molecular weight is 287 g/mol. The van der Waals surface area contributed by atoms with E-state index in [4.69, 9.17) is 15.0 Å². The molecule has 1 aliphatic carbocycles. The average Bonchev–Trinajstić information content (AvgIpc) is 3.25. The Balaban J connectivity index is 1.82. The van der Waals surface area contributed by atoms with Crippen LogP contribution in [0.3, 0.4) is 0 Å². The van der Waals surface area contributed by atoms with E-state index in [1.807, 2.05) is 37.3 Å². The van der Waals surface area contributed by atoms with Gasteiger partial charge in [-0.2, -0.15) is 4.98 Å². The highest BCUT2D eigenvalue weighted by molar-refractivity contribution is 5.25. The minimum absolute atomic E-state index is 0.0401. The fraction of sp³-hybridized carbons (Fsp3) is 0.500. The predicted molar refractivity (Wildman–Crippen MR) is 78.7 cm³/mol. The second-order valence-electron chi connectivity index (χ2n) is 5.40. The van der Waals surface area contributed by atoms with Gasteiger partial charge in [-0.15, -0.1) is 0 Å². The lowest BCUT2D eigenvalue weighted by atomic mass is 9.99. The van der Waals surface area contributed by atoms with Gasteiger partial charge in [0.1, 0.15) is 6.10 Å². The molecule has 1 saturated carbocycles. The van der Waals surface area contributed by atoms with Gasteiger partial charge in [-0.3, -0.25) is 0 Å². The summed E-state index contributed by atoms with van der Waals surface area (Å²) in [4.78, 5) is 4.56. The summed E-state index contributed by atoms with van der Waals surface area (Å²) in [7, 11) is 0. The van der Waals surface area contributed by atoms with Crippen molar-refractivity contribution in [3.63, 3.8) is 0 Å². The highest BCUT2D eigenvalue weighted by Gasteiger charge is 2.36. The van der Waals surface area contributed by atoms with Gasteiger partial charge in [-0.05, 0) is 31.2 Å². The van der Waals surface area contributed by atoms with Crippen molar-refractivity contribution in [2.45, 2.75) is 31.8 Å². The van der Waals surface area contributed by atoms with Gasteiger partial charge in [0.05, 0.1) is 5.92 Å². The summed E-state index contributed by atoms with van der Waals surface area (Å²) in [5.41, 5.74) is 6.99. The van der Waals surface area contributed by atoms with Crippen LogP contribution in [-0.4, -0.2) is 23.3 Å². The van der Waals surface area contributed by atoms with Crippen LogP contribution in [0.4, 0.5) is 0 Å². The lowest BCUT2D eigenvalue weighted by Crippen LogP contribution is -2.14. The predicted octanol–water partition coefficient (Wildman–Crippen LogP) is 2.65. The van der Waals surface area contributed by atoms with Crippen molar-refractivity contribution in [1.29, 1.82) is 0 Å². The van der Waals surface area contributed by atoms with Gasteiger partial charge in [0.25, 0.3) is 0 Å². The molecule has 21 heavy (non-hydrogen) atoms. The molecule has 0 amide bonds. The number of hydrogen-bond acceptors (Lipinski definition) is 5. The van der Waals surface area contributed by atoms with Crippen LogP contribution in [0.5, 0.6) is 0 Å². The van der Waals surface area contributed by atoms with Crippen molar-refractivity contribution in [3.05, 3.63) is 47.6 Å². The summed E-state index contributed by atoms with van der Waals surface area (Å²) in [6.45, 7) is 3.08. The first-order valence-electron chi connectivity index (χ1n) is 7.53. The smallest absolute Gasteiger partial charge is 0.235 e. The van der Waals surface area contributed by atoms with Crippen LogP contribution in [0.2, 0.25) is 0 Å². The third-order valence-corrected chi connectivity index (χ3v) is 3.84. The fourth-order valence-electron chi connectivity index (χ4n) is 2.57. The Labute approximate surface area is 124 Å². The van der Waals surface area contributed by atoms with Crippen molar-refractivity contribution >= 4 is 0 Å². The van der Waals surface area contributed by atoms with E-state index in [2.05, 4.69) is 10.1 Å². The number of benzene rings is 1. The summed E-state index contributed by atoms with van der Waals surface area (Å²) in [6.07, 6.45) is 2.31. The molecule has 1 aliphatic rings. The zero-order valence-corrected chi connectivity index (χ0v) is 12.2. The SMILES string of the molecule is CCOC(c1noc(C(CN)c2ccccc2)n1)C1CC1.